The van der Waals surface area contributed by atoms with Gasteiger partial charge in [0, 0.05) is 11.3 Å². The molecular weight excluding hydrogens is 278 g/mol. The number of hydrogen-bond donors (Lipinski definition) is 1. The number of hydrogen-bond acceptors (Lipinski definition) is 6. The summed E-state index contributed by atoms with van der Waals surface area (Å²) in [6.07, 6.45) is 0.852. The zero-order valence-electron chi connectivity index (χ0n) is 10.4. The third-order valence-electron chi connectivity index (χ3n) is 2.93. The van der Waals surface area contributed by atoms with Crippen molar-refractivity contribution in [1.82, 2.24) is 9.97 Å². The number of rotatable bonds is 4. The third kappa shape index (κ3) is 2.41. The number of aromatic nitrogens is 2. The first-order valence-corrected chi connectivity index (χ1v) is 7.65. The minimum absolute atomic E-state index is 0.600. The first-order valence-electron chi connectivity index (χ1n) is 5.89. The Balaban J connectivity index is 1.71. The molecule has 0 saturated carbocycles. The molecule has 0 saturated heterocycles. The molecular formula is C13H13N3OS2. The highest BCUT2D eigenvalue weighted by atomic mass is 32.1. The van der Waals surface area contributed by atoms with Gasteiger partial charge < -0.3 is 10.5 Å². The monoisotopic (exact) mass is 291 g/mol. The molecule has 3 rings (SSSR count). The first kappa shape index (κ1) is 12.4. The average molecular weight is 291 g/mol. The number of nitrogens with zero attached hydrogens (tertiary/aromatic N) is 2. The molecule has 6 heteroatoms. The van der Waals surface area contributed by atoms with Crippen LogP contribution in [0.5, 0.6) is 5.75 Å². The number of nitrogen functional groups attached to an aromatic ring is 1. The van der Waals surface area contributed by atoms with Gasteiger partial charge in [-0.15, -0.1) is 22.7 Å². The maximum absolute atomic E-state index is 6.06. The number of fused-ring (bicyclic) bond motifs is 1. The van der Waals surface area contributed by atoms with E-state index in [1.54, 1.807) is 28.2 Å². The van der Waals surface area contributed by atoms with Crippen LogP contribution in [0, 0.1) is 6.92 Å². The number of anilines is 1. The molecule has 0 amide bonds. The van der Waals surface area contributed by atoms with Gasteiger partial charge in [0.05, 0.1) is 28.0 Å². The summed E-state index contributed by atoms with van der Waals surface area (Å²) in [5.41, 5.74) is 12.3. The van der Waals surface area contributed by atoms with E-state index in [4.69, 9.17) is 10.5 Å². The van der Waals surface area contributed by atoms with E-state index in [1.165, 1.54) is 4.88 Å². The Kier molecular flexibility index (Phi) is 3.35. The lowest BCUT2D eigenvalue weighted by Gasteiger charge is -2.08. The molecule has 0 aliphatic rings. The lowest BCUT2D eigenvalue weighted by molar-refractivity contribution is 0.324. The van der Waals surface area contributed by atoms with Crippen LogP contribution in [0.15, 0.2) is 23.2 Å². The van der Waals surface area contributed by atoms with E-state index in [0.717, 1.165) is 22.3 Å². The van der Waals surface area contributed by atoms with Gasteiger partial charge in [0.2, 0.25) is 0 Å². The summed E-state index contributed by atoms with van der Waals surface area (Å²) in [4.78, 5) is 9.74. The third-order valence-corrected chi connectivity index (χ3v) is 4.72. The number of nitrogens with two attached hydrogens (primary N) is 1. The molecule has 3 aromatic rings. The minimum Gasteiger partial charge on any atom is -0.491 e. The van der Waals surface area contributed by atoms with E-state index in [0.29, 0.717) is 18.0 Å². The summed E-state index contributed by atoms with van der Waals surface area (Å²) in [6.45, 7) is 2.62. The highest BCUT2D eigenvalue weighted by molar-refractivity contribution is 7.16. The predicted molar refractivity (Wildman–Crippen MR) is 80.1 cm³/mol. The van der Waals surface area contributed by atoms with Gasteiger partial charge in [0.25, 0.3) is 0 Å². The summed E-state index contributed by atoms with van der Waals surface area (Å²) in [6, 6.07) is 3.91. The molecule has 0 atom stereocenters. The van der Waals surface area contributed by atoms with Gasteiger partial charge in [0.1, 0.15) is 17.0 Å². The Hall–Kier alpha value is -1.66. The minimum atomic E-state index is 0.600. The van der Waals surface area contributed by atoms with Crippen LogP contribution in [-0.2, 0) is 6.42 Å². The number of aryl methyl sites for hydroxylation is 1. The number of benzene rings is 1. The normalized spacial score (nSPS) is 11.0. The van der Waals surface area contributed by atoms with Crippen molar-refractivity contribution in [3.8, 4) is 5.75 Å². The number of ether oxygens (including phenoxy) is 1. The van der Waals surface area contributed by atoms with E-state index in [9.17, 15) is 0 Å². The van der Waals surface area contributed by atoms with Crippen LogP contribution < -0.4 is 10.5 Å². The van der Waals surface area contributed by atoms with Crippen LogP contribution in [0.3, 0.4) is 0 Å². The van der Waals surface area contributed by atoms with Crippen molar-refractivity contribution in [2.75, 3.05) is 12.3 Å². The van der Waals surface area contributed by atoms with Gasteiger partial charge in [0.15, 0.2) is 0 Å². The van der Waals surface area contributed by atoms with Crippen LogP contribution in [0.1, 0.15) is 10.6 Å². The van der Waals surface area contributed by atoms with Crippen molar-refractivity contribution in [1.29, 1.82) is 0 Å². The smallest absolute Gasteiger partial charge is 0.144 e. The van der Waals surface area contributed by atoms with Gasteiger partial charge in [-0.2, -0.15) is 0 Å². The van der Waals surface area contributed by atoms with Crippen LogP contribution in [0.25, 0.3) is 10.2 Å². The van der Waals surface area contributed by atoms with Gasteiger partial charge in [-0.25, -0.2) is 9.97 Å². The van der Waals surface area contributed by atoms with Crippen LogP contribution in [0.2, 0.25) is 0 Å². The van der Waals surface area contributed by atoms with E-state index in [1.807, 2.05) is 24.6 Å². The van der Waals surface area contributed by atoms with Gasteiger partial charge in [-0.05, 0) is 19.1 Å². The molecule has 4 nitrogen and oxygen atoms in total. The number of thiazole rings is 2. The molecule has 0 fully saturated rings. The van der Waals surface area contributed by atoms with E-state index >= 15 is 0 Å². The molecule has 2 heterocycles. The molecule has 19 heavy (non-hydrogen) atoms. The maximum Gasteiger partial charge on any atom is 0.144 e. The molecule has 2 N–H and O–H groups in total. The quantitative estimate of drug-likeness (QED) is 0.749. The largest absolute Gasteiger partial charge is 0.491 e. The summed E-state index contributed by atoms with van der Waals surface area (Å²) in [5, 5.41) is 0. The zero-order valence-corrected chi connectivity index (χ0v) is 12.1. The zero-order chi connectivity index (χ0) is 13.2. The molecule has 2 aromatic heterocycles. The van der Waals surface area contributed by atoms with E-state index in [-0.39, 0.29) is 0 Å². The second-order valence-corrected chi connectivity index (χ2v) is 5.96. The van der Waals surface area contributed by atoms with Crippen LogP contribution >= 0.6 is 22.7 Å². The lowest BCUT2D eigenvalue weighted by Crippen LogP contribution is -2.03. The molecule has 1 aromatic carbocycles. The van der Waals surface area contributed by atoms with Gasteiger partial charge in [-0.3, -0.25) is 0 Å². The molecule has 0 aliphatic heterocycles. The maximum atomic E-state index is 6.06. The van der Waals surface area contributed by atoms with Crippen molar-refractivity contribution in [3.05, 3.63) is 33.7 Å². The van der Waals surface area contributed by atoms with Crippen molar-refractivity contribution < 1.29 is 4.74 Å². The van der Waals surface area contributed by atoms with Crippen molar-refractivity contribution in [2.24, 2.45) is 0 Å². The SMILES string of the molecule is Cc1ncsc1CCOc1ccc2scnc2c1N. The van der Waals surface area contributed by atoms with Crippen LogP contribution in [-0.4, -0.2) is 16.6 Å². The molecule has 0 bridgehead atoms. The molecule has 0 spiro atoms. The Morgan fingerprint density at radius 1 is 1.21 bits per heavy atom. The highest BCUT2D eigenvalue weighted by Gasteiger charge is 2.08. The van der Waals surface area contributed by atoms with E-state index < -0.39 is 0 Å². The first-order chi connectivity index (χ1) is 9.25. The molecule has 98 valence electrons. The average Bonchev–Trinajstić information content (AvgIpc) is 3.02. The van der Waals surface area contributed by atoms with Gasteiger partial charge in [-0.1, -0.05) is 0 Å². The molecule has 0 radical (unpaired) electrons. The van der Waals surface area contributed by atoms with E-state index in [2.05, 4.69) is 9.97 Å². The molecule has 0 unspecified atom stereocenters. The fraction of sp³-hybridized carbons (Fsp3) is 0.231. The summed E-state index contributed by atoms with van der Waals surface area (Å²) >= 11 is 3.24. The fourth-order valence-corrected chi connectivity index (χ4v) is 3.33. The lowest BCUT2D eigenvalue weighted by atomic mass is 10.2. The second kappa shape index (κ2) is 5.14. The second-order valence-electron chi connectivity index (χ2n) is 4.14. The van der Waals surface area contributed by atoms with Gasteiger partial charge >= 0.3 is 0 Å². The Morgan fingerprint density at radius 2 is 2.05 bits per heavy atom. The van der Waals surface area contributed by atoms with Crippen molar-refractivity contribution in [2.45, 2.75) is 13.3 Å². The van der Waals surface area contributed by atoms with Crippen molar-refractivity contribution >= 4 is 38.6 Å². The summed E-state index contributed by atoms with van der Waals surface area (Å²) in [5.74, 6) is 0.709. The Bertz CT molecular complexity index is 705. The summed E-state index contributed by atoms with van der Waals surface area (Å²) in [7, 11) is 0. The predicted octanol–water partition coefficient (Wildman–Crippen LogP) is 3.26. The summed E-state index contributed by atoms with van der Waals surface area (Å²) < 4.78 is 6.85. The van der Waals surface area contributed by atoms with Crippen molar-refractivity contribution in [3.63, 3.8) is 0 Å². The molecule has 0 aliphatic carbocycles. The fourth-order valence-electron chi connectivity index (χ4n) is 1.88. The standard InChI is InChI=1S/C13H13N3OS2/c1-8-10(18-6-15-8)4-5-17-9-2-3-11-13(12(9)14)16-7-19-11/h2-3,6-7H,4-5,14H2,1H3. The highest BCUT2D eigenvalue weighted by Crippen LogP contribution is 2.31. The Labute approximate surface area is 118 Å². The topological polar surface area (TPSA) is 61.0 Å². The Morgan fingerprint density at radius 3 is 2.84 bits per heavy atom. The van der Waals surface area contributed by atoms with Crippen LogP contribution in [0.4, 0.5) is 5.69 Å².